The van der Waals surface area contributed by atoms with Gasteiger partial charge in [0.2, 0.25) is 11.8 Å². The number of alkyl halides is 3. The van der Waals surface area contributed by atoms with Crippen LogP contribution in [0.3, 0.4) is 0 Å². The van der Waals surface area contributed by atoms with Gasteiger partial charge in [0.15, 0.2) is 0 Å². The summed E-state index contributed by atoms with van der Waals surface area (Å²) >= 11 is 0. The zero-order valence-corrected chi connectivity index (χ0v) is 14.4. The lowest BCUT2D eigenvalue weighted by atomic mass is 10.0. The van der Waals surface area contributed by atoms with Crippen molar-refractivity contribution in [2.45, 2.75) is 44.4 Å². The predicted molar refractivity (Wildman–Crippen MR) is 88.4 cm³/mol. The maximum Gasteiger partial charge on any atom is 0.417 e. The van der Waals surface area contributed by atoms with Gasteiger partial charge in [-0.05, 0) is 31.9 Å². The molecule has 0 saturated carbocycles. The molecular formula is C17H21F3N4O2. The van der Waals surface area contributed by atoms with Crippen LogP contribution in [0.1, 0.15) is 31.7 Å². The zero-order valence-electron chi connectivity index (χ0n) is 14.4. The molecule has 2 saturated heterocycles. The average molecular weight is 370 g/mol. The van der Waals surface area contributed by atoms with Gasteiger partial charge in [-0.15, -0.1) is 0 Å². The second-order valence-electron chi connectivity index (χ2n) is 6.56. The number of aromatic nitrogens is 1. The van der Waals surface area contributed by atoms with Crippen LogP contribution in [-0.2, 0) is 15.8 Å². The number of likely N-dealkylation sites (tertiary alicyclic amines) is 1. The van der Waals surface area contributed by atoms with Crippen molar-refractivity contribution < 1.29 is 22.8 Å². The highest BCUT2D eigenvalue weighted by atomic mass is 19.4. The number of rotatable bonds is 4. The van der Waals surface area contributed by atoms with Gasteiger partial charge in [-0.25, -0.2) is 4.98 Å². The third kappa shape index (κ3) is 3.82. The van der Waals surface area contributed by atoms with E-state index in [-0.39, 0.29) is 24.3 Å². The van der Waals surface area contributed by atoms with E-state index in [4.69, 9.17) is 0 Å². The fourth-order valence-electron chi connectivity index (χ4n) is 3.45. The number of carbonyl (C=O) groups is 2. The van der Waals surface area contributed by atoms with Crippen molar-refractivity contribution in [1.82, 2.24) is 15.2 Å². The summed E-state index contributed by atoms with van der Waals surface area (Å²) in [6, 6.07) is 2.05. The number of pyridine rings is 1. The van der Waals surface area contributed by atoms with Gasteiger partial charge in [-0.3, -0.25) is 14.5 Å². The van der Waals surface area contributed by atoms with E-state index in [1.807, 2.05) is 4.90 Å². The smallest absolute Gasteiger partial charge is 0.357 e. The molecule has 2 aliphatic heterocycles. The van der Waals surface area contributed by atoms with Crippen molar-refractivity contribution in [3.63, 3.8) is 0 Å². The van der Waals surface area contributed by atoms with Gasteiger partial charge in [-0.2, -0.15) is 13.2 Å². The quantitative estimate of drug-likeness (QED) is 0.819. The molecule has 2 aliphatic rings. The van der Waals surface area contributed by atoms with E-state index in [0.29, 0.717) is 25.5 Å². The minimum atomic E-state index is -4.39. The number of imide groups is 1. The Morgan fingerprint density at radius 3 is 2.42 bits per heavy atom. The van der Waals surface area contributed by atoms with Gasteiger partial charge in [0.05, 0.1) is 18.0 Å². The van der Waals surface area contributed by atoms with E-state index in [1.54, 1.807) is 6.92 Å². The lowest BCUT2D eigenvalue weighted by Gasteiger charge is -2.34. The molecule has 3 rings (SSSR count). The molecule has 1 aromatic rings. The van der Waals surface area contributed by atoms with Crippen LogP contribution in [0.15, 0.2) is 18.3 Å². The molecule has 1 N–H and O–H groups in total. The first kappa shape index (κ1) is 18.6. The SMILES string of the molecule is CCN1C(=O)C[C@H](NC2CCN(c3ccc(C(F)(F)F)cn3)CC2)C1=O. The van der Waals surface area contributed by atoms with E-state index in [2.05, 4.69) is 10.3 Å². The molecule has 9 heteroatoms. The van der Waals surface area contributed by atoms with Gasteiger partial charge in [0.1, 0.15) is 5.82 Å². The molecule has 0 aliphatic carbocycles. The minimum absolute atomic E-state index is 0.0965. The van der Waals surface area contributed by atoms with E-state index in [1.165, 1.54) is 11.0 Å². The van der Waals surface area contributed by atoms with Crippen LogP contribution in [-0.4, -0.2) is 53.4 Å². The van der Waals surface area contributed by atoms with Crippen molar-refractivity contribution in [3.8, 4) is 0 Å². The molecule has 0 spiro atoms. The molecule has 0 bridgehead atoms. The molecule has 26 heavy (non-hydrogen) atoms. The van der Waals surface area contributed by atoms with Crippen LogP contribution in [0.4, 0.5) is 19.0 Å². The summed E-state index contributed by atoms with van der Waals surface area (Å²) in [4.78, 5) is 31.0. The number of anilines is 1. The Bertz CT molecular complexity index is 670. The monoisotopic (exact) mass is 370 g/mol. The van der Waals surface area contributed by atoms with E-state index >= 15 is 0 Å². The number of likely N-dealkylation sites (N-methyl/N-ethyl adjacent to an activating group) is 1. The van der Waals surface area contributed by atoms with Crippen molar-refractivity contribution in [1.29, 1.82) is 0 Å². The van der Waals surface area contributed by atoms with Crippen molar-refractivity contribution in [3.05, 3.63) is 23.9 Å². The Hall–Kier alpha value is -2.16. The van der Waals surface area contributed by atoms with Gasteiger partial charge < -0.3 is 10.2 Å². The molecule has 142 valence electrons. The molecular weight excluding hydrogens is 349 g/mol. The third-order valence-electron chi connectivity index (χ3n) is 4.89. The van der Waals surface area contributed by atoms with Gasteiger partial charge >= 0.3 is 6.18 Å². The number of hydrogen-bond donors (Lipinski definition) is 1. The van der Waals surface area contributed by atoms with Crippen LogP contribution >= 0.6 is 0 Å². The summed E-state index contributed by atoms with van der Waals surface area (Å²) in [6.45, 7) is 3.41. The first-order chi connectivity index (χ1) is 12.3. The average Bonchev–Trinajstić information content (AvgIpc) is 2.88. The molecule has 0 unspecified atom stereocenters. The number of amides is 2. The van der Waals surface area contributed by atoms with Crippen molar-refractivity contribution >= 4 is 17.6 Å². The highest BCUT2D eigenvalue weighted by Crippen LogP contribution is 2.30. The highest BCUT2D eigenvalue weighted by Gasteiger charge is 2.39. The normalized spacial score (nSPS) is 22.4. The molecule has 2 fully saturated rings. The van der Waals surface area contributed by atoms with Crippen molar-refractivity contribution in [2.75, 3.05) is 24.5 Å². The maximum absolute atomic E-state index is 12.6. The number of hydrogen-bond acceptors (Lipinski definition) is 5. The number of piperidine rings is 1. The first-order valence-electron chi connectivity index (χ1n) is 8.68. The van der Waals surface area contributed by atoms with Crippen LogP contribution < -0.4 is 10.2 Å². The minimum Gasteiger partial charge on any atom is -0.357 e. The van der Waals surface area contributed by atoms with Crippen LogP contribution in [0.5, 0.6) is 0 Å². The highest BCUT2D eigenvalue weighted by molar-refractivity contribution is 6.05. The number of nitrogens with one attached hydrogen (secondary N) is 1. The number of nitrogens with zero attached hydrogens (tertiary/aromatic N) is 3. The van der Waals surface area contributed by atoms with Gasteiger partial charge in [0, 0.05) is 31.9 Å². The fraction of sp³-hybridized carbons (Fsp3) is 0.588. The molecule has 1 aromatic heterocycles. The number of halogens is 3. The summed E-state index contributed by atoms with van der Waals surface area (Å²) < 4.78 is 37.8. The predicted octanol–water partition coefficient (Wildman–Crippen LogP) is 1.81. The molecule has 3 heterocycles. The van der Waals surface area contributed by atoms with Crippen LogP contribution in [0, 0.1) is 0 Å². The summed E-state index contributed by atoms with van der Waals surface area (Å²) in [7, 11) is 0. The summed E-state index contributed by atoms with van der Waals surface area (Å²) in [5.41, 5.74) is -0.761. The first-order valence-corrected chi connectivity index (χ1v) is 8.68. The van der Waals surface area contributed by atoms with Gasteiger partial charge in [0.25, 0.3) is 0 Å². The summed E-state index contributed by atoms with van der Waals surface area (Å²) in [6.07, 6.45) is -1.89. The van der Waals surface area contributed by atoms with Gasteiger partial charge in [-0.1, -0.05) is 0 Å². The Morgan fingerprint density at radius 2 is 1.92 bits per heavy atom. The molecule has 0 aromatic carbocycles. The zero-order chi connectivity index (χ0) is 18.9. The van der Waals surface area contributed by atoms with Crippen LogP contribution in [0.25, 0.3) is 0 Å². The molecule has 6 nitrogen and oxygen atoms in total. The third-order valence-corrected chi connectivity index (χ3v) is 4.89. The van der Waals surface area contributed by atoms with Crippen LogP contribution in [0.2, 0.25) is 0 Å². The fourth-order valence-corrected chi connectivity index (χ4v) is 3.45. The maximum atomic E-state index is 12.6. The topological polar surface area (TPSA) is 65.5 Å². The molecule has 0 radical (unpaired) electrons. The molecule has 2 amide bonds. The van der Waals surface area contributed by atoms with Crippen molar-refractivity contribution in [2.24, 2.45) is 0 Å². The Balaban J connectivity index is 1.53. The Morgan fingerprint density at radius 1 is 1.23 bits per heavy atom. The summed E-state index contributed by atoms with van der Waals surface area (Å²) in [5.74, 6) is 0.187. The van der Waals surface area contributed by atoms with E-state index in [9.17, 15) is 22.8 Å². The largest absolute Gasteiger partial charge is 0.417 e. The lowest BCUT2D eigenvalue weighted by molar-refractivity contribution is -0.139. The number of carbonyl (C=O) groups excluding carboxylic acids is 2. The van der Waals surface area contributed by atoms with E-state index < -0.39 is 17.8 Å². The second-order valence-corrected chi connectivity index (χ2v) is 6.56. The Labute approximate surface area is 149 Å². The second kappa shape index (κ2) is 7.22. The lowest BCUT2D eigenvalue weighted by Crippen LogP contribution is -2.49. The molecule has 1 atom stereocenters. The van der Waals surface area contributed by atoms with E-state index in [0.717, 1.165) is 25.1 Å². The summed E-state index contributed by atoms with van der Waals surface area (Å²) in [5, 5.41) is 3.26. The standard InChI is InChI=1S/C17H21F3N4O2/c1-2-24-15(25)9-13(16(24)26)22-12-5-7-23(8-6-12)14-4-3-11(10-21-14)17(18,19)20/h3-4,10,12-13,22H,2,5-9H2,1H3/t13-/m0/s1. The Kier molecular flexibility index (Phi) is 5.17.